The van der Waals surface area contributed by atoms with E-state index in [0.717, 1.165) is 43.5 Å². The Morgan fingerprint density at radius 2 is 1.94 bits per heavy atom. The number of aromatic nitrogens is 1. The van der Waals surface area contributed by atoms with E-state index in [1.807, 2.05) is 36.5 Å². The quantitative estimate of drug-likeness (QED) is 0.215. The first kappa shape index (κ1) is 33.9. The molecule has 250 valence electrons. The number of thioether (sulfide) groups is 1. The normalized spacial score (nSPS) is 25.5. The lowest BCUT2D eigenvalue weighted by atomic mass is 9.59. The van der Waals surface area contributed by atoms with Crippen LogP contribution in [0.5, 0.6) is 5.75 Å². The third-order valence-corrected chi connectivity index (χ3v) is 12.1. The number of benzene rings is 2. The van der Waals surface area contributed by atoms with Crippen LogP contribution < -0.4 is 10.1 Å². The monoisotopic (exact) mass is 674 g/mol. The number of methoxy groups -OCH3 is 1. The molecule has 0 amide bonds. The number of hydrogen-bond acceptors (Lipinski definition) is 7. The molecule has 1 spiro atoms. The summed E-state index contributed by atoms with van der Waals surface area (Å²) in [6, 6.07) is 16.4. The van der Waals surface area contributed by atoms with Crippen LogP contribution >= 0.6 is 23.4 Å². The number of fused-ring (bicyclic) bond motifs is 3. The Morgan fingerprint density at radius 3 is 2.68 bits per heavy atom. The van der Waals surface area contributed by atoms with Crippen LogP contribution in [-0.2, 0) is 38.3 Å². The Balaban J connectivity index is 1.25. The Hall–Kier alpha value is -3.03. The van der Waals surface area contributed by atoms with Crippen molar-refractivity contribution in [1.29, 1.82) is 0 Å². The summed E-state index contributed by atoms with van der Waals surface area (Å²) in [4.78, 5) is 29.9. The summed E-state index contributed by atoms with van der Waals surface area (Å²) in [5.41, 5.74) is 6.39. The molecule has 0 bridgehead atoms. The smallest absolute Gasteiger partial charge is 0.331 e. The van der Waals surface area contributed by atoms with Gasteiger partial charge < -0.3 is 14.8 Å². The molecule has 2 aromatic carbocycles. The fraction of sp³-hybridized carbons (Fsp3) is 0.513. The number of nitrogens with zero attached hydrogens (tertiary/aromatic N) is 1. The minimum Gasteiger partial charge on any atom is -0.493 e. The molecular weight excluding hydrogens is 628 g/mol. The van der Waals surface area contributed by atoms with E-state index in [1.54, 1.807) is 6.92 Å². The van der Waals surface area contributed by atoms with E-state index in [1.165, 1.54) is 59.7 Å². The second-order valence-corrected chi connectivity index (χ2v) is 15.7. The molecule has 6 rings (SSSR count). The lowest BCUT2D eigenvalue weighted by Gasteiger charge is -2.48. The Kier molecular flexibility index (Phi) is 10.2. The second-order valence-electron chi connectivity index (χ2n) is 14.2. The zero-order chi connectivity index (χ0) is 33.2. The van der Waals surface area contributed by atoms with Crippen molar-refractivity contribution in [3.63, 3.8) is 0 Å². The molecule has 3 aliphatic carbocycles. The highest BCUT2D eigenvalue weighted by molar-refractivity contribution is 8.12. The summed E-state index contributed by atoms with van der Waals surface area (Å²) in [7, 11) is 1.48. The van der Waals surface area contributed by atoms with Gasteiger partial charge in [-0.2, -0.15) is 0 Å². The molecule has 6 nitrogen and oxygen atoms in total. The SMILES string of the molecule is COC(=O)C1(Nc2cccc(Cl)c2)CCC2(CC1)c1cc(CSC(C)=O)ccc1CC2C[C@@H](C)COc1ccnc2c1[C@H](C)CCC2. The van der Waals surface area contributed by atoms with Gasteiger partial charge in [-0.3, -0.25) is 9.78 Å². The molecule has 1 fully saturated rings. The van der Waals surface area contributed by atoms with E-state index < -0.39 is 5.54 Å². The van der Waals surface area contributed by atoms with Gasteiger partial charge in [0.2, 0.25) is 0 Å². The van der Waals surface area contributed by atoms with Gasteiger partial charge in [0.25, 0.3) is 0 Å². The fourth-order valence-electron chi connectivity index (χ4n) is 8.60. The first-order valence-electron chi connectivity index (χ1n) is 17.1. The Bertz CT molecular complexity index is 1620. The third-order valence-electron chi connectivity index (χ3n) is 11.0. The van der Waals surface area contributed by atoms with Gasteiger partial charge in [0, 0.05) is 40.8 Å². The molecular formula is C39H47ClN2O4S. The van der Waals surface area contributed by atoms with Gasteiger partial charge in [0.15, 0.2) is 5.12 Å². The largest absolute Gasteiger partial charge is 0.493 e. The Labute approximate surface area is 288 Å². The fourth-order valence-corrected chi connectivity index (χ4v) is 9.34. The molecule has 1 heterocycles. The number of aryl methyl sites for hydroxylation is 1. The van der Waals surface area contributed by atoms with Crippen molar-refractivity contribution in [3.8, 4) is 5.75 Å². The van der Waals surface area contributed by atoms with Gasteiger partial charge in [-0.25, -0.2) is 4.79 Å². The zero-order valence-electron chi connectivity index (χ0n) is 28.1. The van der Waals surface area contributed by atoms with Crippen LogP contribution in [0.4, 0.5) is 5.69 Å². The molecule has 3 atom stereocenters. The van der Waals surface area contributed by atoms with Crippen molar-refractivity contribution in [3.05, 3.63) is 87.7 Å². The zero-order valence-corrected chi connectivity index (χ0v) is 29.6. The number of nitrogens with one attached hydrogen (secondary N) is 1. The van der Waals surface area contributed by atoms with Crippen molar-refractivity contribution in [2.75, 3.05) is 19.0 Å². The van der Waals surface area contributed by atoms with Crippen LogP contribution in [0.2, 0.25) is 5.02 Å². The van der Waals surface area contributed by atoms with Crippen molar-refractivity contribution in [1.82, 2.24) is 4.98 Å². The molecule has 0 saturated heterocycles. The van der Waals surface area contributed by atoms with Gasteiger partial charge in [-0.15, -0.1) is 0 Å². The van der Waals surface area contributed by atoms with Crippen LogP contribution in [0.3, 0.4) is 0 Å². The molecule has 1 N–H and O–H groups in total. The molecule has 1 saturated carbocycles. The summed E-state index contributed by atoms with van der Waals surface area (Å²) in [5, 5.41) is 4.31. The molecule has 0 aliphatic heterocycles. The van der Waals surface area contributed by atoms with Crippen molar-refractivity contribution in [2.24, 2.45) is 11.8 Å². The molecule has 0 radical (unpaired) electrons. The maximum Gasteiger partial charge on any atom is 0.331 e. The molecule has 3 aromatic rings. The average molecular weight is 675 g/mol. The average Bonchev–Trinajstić information content (AvgIpc) is 3.35. The number of esters is 1. The van der Waals surface area contributed by atoms with Gasteiger partial charge in [0.05, 0.1) is 13.7 Å². The van der Waals surface area contributed by atoms with E-state index in [2.05, 4.69) is 42.3 Å². The second kappa shape index (κ2) is 14.2. The summed E-state index contributed by atoms with van der Waals surface area (Å²) in [6.45, 7) is 6.89. The Morgan fingerprint density at radius 1 is 1.13 bits per heavy atom. The van der Waals surface area contributed by atoms with Crippen LogP contribution in [0.1, 0.15) is 99.6 Å². The minimum atomic E-state index is -0.827. The van der Waals surface area contributed by atoms with E-state index >= 15 is 0 Å². The number of anilines is 1. The number of hydrogen-bond donors (Lipinski definition) is 1. The lowest BCUT2D eigenvalue weighted by molar-refractivity contribution is -0.148. The first-order chi connectivity index (χ1) is 22.6. The van der Waals surface area contributed by atoms with Crippen molar-refractivity contribution in [2.45, 2.75) is 101 Å². The number of rotatable bonds is 10. The third kappa shape index (κ3) is 7.07. The highest BCUT2D eigenvalue weighted by atomic mass is 35.5. The predicted molar refractivity (Wildman–Crippen MR) is 190 cm³/mol. The van der Waals surface area contributed by atoms with Gasteiger partial charge in [-0.1, -0.05) is 61.5 Å². The molecule has 1 unspecified atom stereocenters. The number of pyridine rings is 1. The van der Waals surface area contributed by atoms with Gasteiger partial charge in [-0.05, 0) is 122 Å². The van der Waals surface area contributed by atoms with Crippen LogP contribution in [0.15, 0.2) is 54.7 Å². The number of halogens is 1. The summed E-state index contributed by atoms with van der Waals surface area (Å²) in [5.74, 6) is 2.67. The van der Waals surface area contributed by atoms with E-state index in [0.29, 0.717) is 48.0 Å². The number of carbonyl (C=O) groups excluding carboxylic acids is 2. The predicted octanol–water partition coefficient (Wildman–Crippen LogP) is 9.07. The standard InChI is InChI=1S/C39H47ClN2O4S/c1-25(23-46-35-13-18-41-34-10-5-7-26(2)36(34)35)19-30-21-29-12-11-28(24-47-27(3)43)20-33(29)38(30)14-16-39(17-15-38,37(44)45-4)42-32-9-6-8-31(40)22-32/h6,8-9,11-13,18,20,22,25-26,30,42H,5,7,10,14-17,19,21,23-24H2,1-4H3/t25-,26-,30?,38?,39?/m1/s1. The highest BCUT2D eigenvalue weighted by Gasteiger charge is 2.54. The van der Waals surface area contributed by atoms with Crippen molar-refractivity contribution >= 4 is 40.1 Å². The van der Waals surface area contributed by atoms with Crippen LogP contribution in [0, 0.1) is 11.8 Å². The van der Waals surface area contributed by atoms with Gasteiger partial charge >= 0.3 is 5.97 Å². The first-order valence-corrected chi connectivity index (χ1v) is 18.5. The van der Waals surface area contributed by atoms with E-state index in [4.69, 9.17) is 21.1 Å². The molecule has 3 aliphatic rings. The molecule has 1 aromatic heterocycles. The highest BCUT2D eigenvalue weighted by Crippen LogP contribution is 2.56. The van der Waals surface area contributed by atoms with Crippen LogP contribution in [-0.4, -0.2) is 35.3 Å². The van der Waals surface area contributed by atoms with Crippen molar-refractivity contribution < 1.29 is 19.1 Å². The minimum absolute atomic E-state index is 0.0711. The summed E-state index contributed by atoms with van der Waals surface area (Å²) >= 11 is 7.68. The van der Waals surface area contributed by atoms with E-state index in [9.17, 15) is 9.59 Å². The van der Waals surface area contributed by atoms with Crippen LogP contribution in [0.25, 0.3) is 0 Å². The van der Waals surface area contributed by atoms with Gasteiger partial charge in [0.1, 0.15) is 11.3 Å². The van der Waals surface area contributed by atoms with E-state index in [-0.39, 0.29) is 16.5 Å². The number of ether oxygens (including phenoxy) is 2. The summed E-state index contributed by atoms with van der Waals surface area (Å²) < 4.78 is 12.0. The maximum absolute atomic E-state index is 13.5. The summed E-state index contributed by atoms with van der Waals surface area (Å²) in [6.07, 6.45) is 10.4. The lowest BCUT2D eigenvalue weighted by Crippen LogP contribution is -2.53. The molecule has 8 heteroatoms. The topological polar surface area (TPSA) is 77.5 Å². The maximum atomic E-state index is 13.5. The molecule has 47 heavy (non-hydrogen) atoms. The number of carbonyl (C=O) groups is 2.